The molecule has 144 valence electrons. The molecule has 0 unspecified atom stereocenters. The van der Waals surface area contributed by atoms with E-state index in [2.05, 4.69) is 15.6 Å². The molecule has 0 saturated heterocycles. The molecule has 0 spiro atoms. The Hall–Kier alpha value is -3.37. The van der Waals surface area contributed by atoms with E-state index < -0.39 is 22.6 Å². The van der Waals surface area contributed by atoms with E-state index in [-0.39, 0.29) is 37.0 Å². The van der Waals surface area contributed by atoms with Gasteiger partial charge in [-0.25, -0.2) is 4.98 Å². The number of nitrogens with zero attached hydrogens (tertiary/aromatic N) is 2. The number of carbonyl (C=O) groups excluding carboxylic acids is 1. The first-order valence-corrected chi connectivity index (χ1v) is 7.67. The lowest BCUT2D eigenvalue weighted by Gasteiger charge is -2.10. The van der Waals surface area contributed by atoms with Crippen LogP contribution in [-0.4, -0.2) is 35.5 Å². The summed E-state index contributed by atoms with van der Waals surface area (Å²) in [5.41, 5.74) is -0.999. The van der Waals surface area contributed by atoms with Gasteiger partial charge in [-0.2, -0.15) is 13.2 Å². The van der Waals surface area contributed by atoms with Gasteiger partial charge in [0, 0.05) is 25.4 Å². The summed E-state index contributed by atoms with van der Waals surface area (Å²) in [6, 6.07) is 7.51. The van der Waals surface area contributed by atoms with E-state index in [1.165, 1.54) is 30.3 Å². The minimum atomic E-state index is -4.45. The second-order valence-electron chi connectivity index (χ2n) is 5.25. The number of hydrogen-bond acceptors (Lipinski definition) is 6. The minimum Gasteiger partial charge on any atom is -0.484 e. The molecule has 1 heterocycles. The van der Waals surface area contributed by atoms with E-state index >= 15 is 0 Å². The summed E-state index contributed by atoms with van der Waals surface area (Å²) in [5.74, 6) is -0.0276. The molecule has 1 aromatic heterocycles. The molecule has 0 aliphatic rings. The van der Waals surface area contributed by atoms with Gasteiger partial charge in [-0.05, 0) is 18.2 Å². The van der Waals surface area contributed by atoms with Gasteiger partial charge in [-0.1, -0.05) is 6.07 Å². The number of nitro benzene ring substituents is 1. The lowest BCUT2D eigenvalue weighted by atomic mass is 10.3. The van der Waals surface area contributed by atoms with E-state index in [1.54, 1.807) is 0 Å². The fourth-order valence-electron chi connectivity index (χ4n) is 1.95. The van der Waals surface area contributed by atoms with Crippen molar-refractivity contribution in [1.29, 1.82) is 0 Å². The van der Waals surface area contributed by atoms with Gasteiger partial charge in [0.15, 0.2) is 6.61 Å². The fourth-order valence-corrected chi connectivity index (χ4v) is 1.95. The average molecular weight is 384 g/mol. The second kappa shape index (κ2) is 8.83. The molecule has 0 saturated carbocycles. The van der Waals surface area contributed by atoms with Crippen molar-refractivity contribution < 1.29 is 27.6 Å². The third-order valence-electron chi connectivity index (χ3n) is 3.24. The lowest BCUT2D eigenvalue weighted by molar-refractivity contribution is -0.384. The standard InChI is InChI=1S/C16H15F3N4O4/c17-16(18,19)11-4-5-14(22-9-11)20-6-7-21-15(24)10-27-13-3-1-2-12(8-13)23(25)26/h1-5,8-9H,6-7,10H2,(H,20,22)(H,21,24). The average Bonchev–Trinajstić information content (AvgIpc) is 2.63. The first kappa shape index (κ1) is 19.9. The first-order chi connectivity index (χ1) is 12.8. The number of benzene rings is 1. The highest BCUT2D eigenvalue weighted by Crippen LogP contribution is 2.28. The zero-order chi connectivity index (χ0) is 19.9. The smallest absolute Gasteiger partial charge is 0.417 e. The number of non-ortho nitro benzene ring substituents is 1. The second-order valence-corrected chi connectivity index (χ2v) is 5.25. The molecule has 0 bridgehead atoms. The third kappa shape index (κ3) is 6.45. The molecule has 0 aliphatic carbocycles. The summed E-state index contributed by atoms with van der Waals surface area (Å²) in [6.45, 7) is 0.0838. The van der Waals surface area contributed by atoms with Crippen LogP contribution in [0.25, 0.3) is 0 Å². The number of amides is 1. The summed E-state index contributed by atoms with van der Waals surface area (Å²) in [5, 5.41) is 15.9. The maximum absolute atomic E-state index is 12.4. The first-order valence-electron chi connectivity index (χ1n) is 7.67. The van der Waals surface area contributed by atoms with Gasteiger partial charge < -0.3 is 15.4 Å². The number of nitrogens with one attached hydrogen (secondary N) is 2. The van der Waals surface area contributed by atoms with Gasteiger partial charge in [0.2, 0.25) is 0 Å². The number of halogens is 3. The van der Waals surface area contributed by atoms with Crippen LogP contribution >= 0.6 is 0 Å². The Kier molecular flexibility index (Phi) is 6.52. The molecule has 1 amide bonds. The van der Waals surface area contributed by atoms with E-state index in [4.69, 9.17) is 4.74 Å². The molecule has 2 aromatic rings. The molecule has 1 aromatic carbocycles. The summed E-state index contributed by atoms with van der Waals surface area (Å²) >= 11 is 0. The Labute approximate surface area is 151 Å². The summed E-state index contributed by atoms with van der Waals surface area (Å²) < 4.78 is 42.4. The predicted molar refractivity (Wildman–Crippen MR) is 89.3 cm³/mol. The van der Waals surface area contributed by atoms with Crippen LogP contribution in [0.3, 0.4) is 0 Å². The number of carbonyl (C=O) groups is 1. The van der Waals surface area contributed by atoms with Crippen LogP contribution in [0, 0.1) is 10.1 Å². The number of anilines is 1. The maximum Gasteiger partial charge on any atom is 0.417 e. The van der Waals surface area contributed by atoms with Gasteiger partial charge in [0.25, 0.3) is 11.6 Å². The number of pyridine rings is 1. The number of alkyl halides is 3. The Morgan fingerprint density at radius 3 is 2.63 bits per heavy atom. The zero-order valence-corrected chi connectivity index (χ0v) is 13.8. The molecule has 0 radical (unpaired) electrons. The molecule has 27 heavy (non-hydrogen) atoms. The van der Waals surface area contributed by atoms with Crippen molar-refractivity contribution in [3.8, 4) is 5.75 Å². The molecular weight excluding hydrogens is 369 g/mol. The van der Waals surface area contributed by atoms with E-state index in [1.807, 2.05) is 0 Å². The summed E-state index contributed by atoms with van der Waals surface area (Å²) in [4.78, 5) is 25.4. The number of hydrogen-bond donors (Lipinski definition) is 2. The van der Waals surface area contributed by atoms with Crippen LogP contribution in [-0.2, 0) is 11.0 Å². The SMILES string of the molecule is O=C(COc1cccc([N+](=O)[O-])c1)NCCNc1ccc(C(F)(F)F)cn1. The largest absolute Gasteiger partial charge is 0.484 e. The van der Waals surface area contributed by atoms with Crippen LogP contribution in [0.2, 0.25) is 0 Å². The minimum absolute atomic E-state index is 0.152. The van der Waals surface area contributed by atoms with E-state index in [9.17, 15) is 28.1 Å². The van der Waals surface area contributed by atoms with Crippen LogP contribution in [0.1, 0.15) is 5.56 Å². The highest BCUT2D eigenvalue weighted by Gasteiger charge is 2.30. The molecule has 0 fully saturated rings. The highest BCUT2D eigenvalue weighted by molar-refractivity contribution is 5.77. The normalized spacial score (nSPS) is 10.9. The topological polar surface area (TPSA) is 106 Å². The highest BCUT2D eigenvalue weighted by atomic mass is 19.4. The maximum atomic E-state index is 12.4. The van der Waals surface area contributed by atoms with Gasteiger partial charge in [0.1, 0.15) is 11.6 Å². The van der Waals surface area contributed by atoms with Crippen LogP contribution in [0.4, 0.5) is 24.7 Å². The summed E-state index contributed by atoms with van der Waals surface area (Å²) in [7, 11) is 0. The van der Waals surface area contributed by atoms with Crippen molar-refractivity contribution >= 4 is 17.4 Å². The van der Waals surface area contributed by atoms with Gasteiger partial charge >= 0.3 is 6.18 Å². The van der Waals surface area contributed by atoms with Crippen molar-refractivity contribution in [2.24, 2.45) is 0 Å². The van der Waals surface area contributed by atoms with Crippen LogP contribution in [0.15, 0.2) is 42.6 Å². The van der Waals surface area contributed by atoms with Crippen LogP contribution < -0.4 is 15.4 Å². The van der Waals surface area contributed by atoms with Gasteiger partial charge in [-0.15, -0.1) is 0 Å². The number of nitro groups is 1. The van der Waals surface area contributed by atoms with Crippen molar-refractivity contribution in [3.63, 3.8) is 0 Å². The fraction of sp³-hybridized carbons (Fsp3) is 0.250. The predicted octanol–water partition coefficient (Wildman–Crippen LogP) is 2.62. The molecular formula is C16H15F3N4O4. The summed E-state index contributed by atoms with van der Waals surface area (Å²) in [6.07, 6.45) is -3.73. The lowest BCUT2D eigenvalue weighted by Crippen LogP contribution is -2.32. The van der Waals surface area contributed by atoms with E-state index in [0.717, 1.165) is 6.07 Å². The Balaban J connectivity index is 1.69. The molecule has 2 N–H and O–H groups in total. The Bertz CT molecular complexity index is 797. The van der Waals surface area contributed by atoms with Crippen LogP contribution in [0.5, 0.6) is 5.75 Å². The van der Waals surface area contributed by atoms with E-state index in [0.29, 0.717) is 6.20 Å². The third-order valence-corrected chi connectivity index (χ3v) is 3.24. The Morgan fingerprint density at radius 1 is 1.22 bits per heavy atom. The number of ether oxygens (including phenoxy) is 1. The zero-order valence-electron chi connectivity index (χ0n) is 13.8. The quantitative estimate of drug-likeness (QED) is 0.412. The Morgan fingerprint density at radius 2 is 2.00 bits per heavy atom. The molecule has 0 atom stereocenters. The molecule has 2 rings (SSSR count). The van der Waals surface area contributed by atoms with Crippen molar-refractivity contribution in [3.05, 3.63) is 58.3 Å². The van der Waals surface area contributed by atoms with Crippen molar-refractivity contribution in [2.75, 3.05) is 25.0 Å². The van der Waals surface area contributed by atoms with Crippen molar-refractivity contribution in [1.82, 2.24) is 10.3 Å². The monoisotopic (exact) mass is 384 g/mol. The molecule has 11 heteroatoms. The molecule has 8 nitrogen and oxygen atoms in total. The number of aromatic nitrogens is 1. The molecule has 0 aliphatic heterocycles. The number of rotatable bonds is 8. The van der Waals surface area contributed by atoms with Crippen molar-refractivity contribution in [2.45, 2.75) is 6.18 Å². The van der Waals surface area contributed by atoms with Gasteiger partial charge in [-0.3, -0.25) is 14.9 Å². The van der Waals surface area contributed by atoms with Gasteiger partial charge in [0.05, 0.1) is 16.6 Å².